The molecule has 0 spiro atoms. The van der Waals surface area contributed by atoms with E-state index in [1.807, 2.05) is 55.4 Å². The normalized spacial score (nSPS) is 12.1. The molecule has 27 heavy (non-hydrogen) atoms. The van der Waals surface area contributed by atoms with E-state index in [1.54, 1.807) is 0 Å². The highest BCUT2D eigenvalue weighted by Gasteiger charge is 2.21. The van der Waals surface area contributed by atoms with Crippen molar-refractivity contribution in [2.75, 3.05) is 37.9 Å². The van der Waals surface area contributed by atoms with Gasteiger partial charge in [-0.05, 0) is 30.1 Å². The fourth-order valence-corrected chi connectivity index (χ4v) is 7.36. The van der Waals surface area contributed by atoms with E-state index in [4.69, 9.17) is 10.2 Å². The number of hydrogen-bond donors (Lipinski definition) is 4. The molecule has 168 valence electrons. The van der Waals surface area contributed by atoms with Crippen LogP contribution in [0.1, 0.15) is 61.8 Å². The van der Waals surface area contributed by atoms with Crippen LogP contribution in [0.2, 0.25) is 0 Å². The molecule has 0 unspecified atom stereocenters. The van der Waals surface area contributed by atoms with Crippen molar-refractivity contribution in [2.24, 2.45) is 23.7 Å². The molecular formula is C19H46O6P2. The van der Waals surface area contributed by atoms with Gasteiger partial charge in [-0.15, -0.1) is 0 Å². The Morgan fingerprint density at radius 3 is 0.815 bits per heavy atom. The standard InChI is InChI=1S/2C8H19O2P.C3H8O2/c2*1-7(2)5-11(9,10)6-8(3)4;4-2-1-3-5/h2*7-8H,5-6H2,1-4H3,(H,9,10);4-5H,1-3H2. The van der Waals surface area contributed by atoms with Crippen molar-refractivity contribution < 1.29 is 29.1 Å². The minimum atomic E-state index is -2.80. The minimum absolute atomic E-state index is 0.0938. The van der Waals surface area contributed by atoms with Crippen molar-refractivity contribution in [1.82, 2.24) is 0 Å². The molecule has 0 aromatic carbocycles. The van der Waals surface area contributed by atoms with Crippen molar-refractivity contribution in [1.29, 1.82) is 0 Å². The van der Waals surface area contributed by atoms with E-state index < -0.39 is 14.7 Å². The van der Waals surface area contributed by atoms with Gasteiger partial charge in [0, 0.05) is 37.9 Å². The van der Waals surface area contributed by atoms with Crippen LogP contribution in [-0.2, 0) is 9.13 Å². The molecular weight excluding hydrogens is 386 g/mol. The van der Waals surface area contributed by atoms with Crippen LogP contribution >= 0.6 is 14.7 Å². The van der Waals surface area contributed by atoms with Gasteiger partial charge in [-0.25, -0.2) is 0 Å². The number of aliphatic hydroxyl groups excluding tert-OH is 2. The molecule has 4 N–H and O–H groups in total. The van der Waals surface area contributed by atoms with Crippen LogP contribution in [0.3, 0.4) is 0 Å². The van der Waals surface area contributed by atoms with Gasteiger partial charge in [-0.3, -0.25) is 9.13 Å². The van der Waals surface area contributed by atoms with Gasteiger partial charge in [0.2, 0.25) is 14.7 Å². The SMILES string of the molecule is CC(C)CP(=O)(O)CC(C)C.CC(C)CP(=O)(O)CC(C)C.OCCCO. The third kappa shape index (κ3) is 31.2. The predicted molar refractivity (Wildman–Crippen MR) is 117 cm³/mol. The topological polar surface area (TPSA) is 115 Å². The van der Waals surface area contributed by atoms with E-state index in [0.29, 0.717) is 54.7 Å². The van der Waals surface area contributed by atoms with Gasteiger partial charge < -0.3 is 20.0 Å². The predicted octanol–water partition coefficient (Wildman–Crippen LogP) is 4.50. The Morgan fingerprint density at radius 1 is 0.556 bits per heavy atom. The molecule has 0 fully saturated rings. The first kappa shape index (κ1) is 32.0. The molecule has 0 aliphatic rings. The van der Waals surface area contributed by atoms with E-state index in [2.05, 4.69) is 0 Å². The molecule has 0 aromatic heterocycles. The lowest BCUT2D eigenvalue weighted by molar-refractivity contribution is 0.221. The minimum Gasteiger partial charge on any atom is -0.396 e. The fourth-order valence-electron chi connectivity index (χ4n) is 2.50. The summed E-state index contributed by atoms with van der Waals surface area (Å²) >= 11 is 0. The highest BCUT2D eigenvalue weighted by atomic mass is 31.2. The number of rotatable bonds is 10. The lowest BCUT2D eigenvalue weighted by Crippen LogP contribution is -2.05. The molecule has 0 atom stereocenters. The zero-order valence-electron chi connectivity index (χ0n) is 18.8. The Morgan fingerprint density at radius 2 is 0.741 bits per heavy atom. The smallest absolute Gasteiger partial charge is 0.201 e. The third-order valence-electron chi connectivity index (χ3n) is 2.92. The largest absolute Gasteiger partial charge is 0.396 e. The van der Waals surface area contributed by atoms with Crippen LogP contribution in [-0.4, -0.2) is 57.9 Å². The summed E-state index contributed by atoms with van der Waals surface area (Å²) in [5, 5.41) is 15.8. The van der Waals surface area contributed by atoms with E-state index in [9.17, 15) is 18.9 Å². The second kappa shape index (κ2) is 17.2. The van der Waals surface area contributed by atoms with Crippen molar-refractivity contribution in [3.8, 4) is 0 Å². The molecule has 0 aliphatic carbocycles. The fraction of sp³-hybridized carbons (Fsp3) is 1.00. The average molecular weight is 433 g/mol. The molecule has 6 nitrogen and oxygen atoms in total. The summed E-state index contributed by atoms with van der Waals surface area (Å²) < 4.78 is 22.8. The van der Waals surface area contributed by atoms with Crippen LogP contribution < -0.4 is 0 Å². The van der Waals surface area contributed by atoms with Gasteiger partial charge in [-0.1, -0.05) is 55.4 Å². The van der Waals surface area contributed by atoms with Crippen LogP contribution in [0.25, 0.3) is 0 Å². The van der Waals surface area contributed by atoms with Gasteiger partial charge in [-0.2, -0.15) is 0 Å². The molecule has 0 bridgehead atoms. The van der Waals surface area contributed by atoms with Crippen molar-refractivity contribution in [3.05, 3.63) is 0 Å². The zero-order valence-corrected chi connectivity index (χ0v) is 20.5. The Balaban J connectivity index is -0.000000344. The summed E-state index contributed by atoms with van der Waals surface area (Å²) in [7, 11) is -5.61. The van der Waals surface area contributed by atoms with Crippen molar-refractivity contribution >= 4 is 14.7 Å². The van der Waals surface area contributed by atoms with Crippen molar-refractivity contribution in [3.63, 3.8) is 0 Å². The summed E-state index contributed by atoms with van der Waals surface area (Å²) in [4.78, 5) is 18.8. The third-order valence-corrected chi connectivity index (χ3v) is 8.12. The van der Waals surface area contributed by atoms with Crippen LogP contribution in [0.4, 0.5) is 0 Å². The monoisotopic (exact) mass is 432 g/mol. The summed E-state index contributed by atoms with van der Waals surface area (Å²) in [5.41, 5.74) is 0. The molecule has 0 aliphatic heterocycles. The van der Waals surface area contributed by atoms with Gasteiger partial charge in [0.25, 0.3) is 0 Å². The summed E-state index contributed by atoms with van der Waals surface area (Å²) in [5.74, 6) is 1.29. The molecule has 0 aromatic rings. The van der Waals surface area contributed by atoms with Gasteiger partial charge in [0.1, 0.15) is 0 Å². The van der Waals surface area contributed by atoms with Crippen LogP contribution in [0, 0.1) is 23.7 Å². The summed E-state index contributed by atoms with van der Waals surface area (Å²) in [6.45, 7) is 16.0. The maximum atomic E-state index is 11.4. The first-order valence-electron chi connectivity index (χ1n) is 9.91. The quantitative estimate of drug-likeness (QED) is 0.378. The Hall–Kier alpha value is 0.300. The average Bonchev–Trinajstić information content (AvgIpc) is 2.33. The van der Waals surface area contributed by atoms with Gasteiger partial charge >= 0.3 is 0 Å². The number of aliphatic hydroxyl groups is 2. The zero-order chi connectivity index (χ0) is 22.3. The van der Waals surface area contributed by atoms with Crippen molar-refractivity contribution in [2.45, 2.75) is 61.8 Å². The van der Waals surface area contributed by atoms with Crippen LogP contribution in [0.15, 0.2) is 0 Å². The molecule has 0 heterocycles. The molecule has 0 rings (SSSR count). The Bertz CT molecular complexity index is 356. The molecule has 8 heteroatoms. The van der Waals surface area contributed by atoms with Gasteiger partial charge in [0.05, 0.1) is 0 Å². The molecule has 0 amide bonds. The molecule has 0 saturated carbocycles. The summed E-state index contributed by atoms with van der Waals surface area (Å²) in [6, 6.07) is 0. The number of hydrogen-bond acceptors (Lipinski definition) is 4. The Labute approximate surface area is 167 Å². The van der Waals surface area contributed by atoms with E-state index in [0.717, 1.165) is 0 Å². The highest BCUT2D eigenvalue weighted by Crippen LogP contribution is 2.44. The first-order chi connectivity index (χ1) is 12.1. The van der Waals surface area contributed by atoms with E-state index >= 15 is 0 Å². The summed E-state index contributed by atoms with van der Waals surface area (Å²) in [6.07, 6.45) is 2.35. The maximum absolute atomic E-state index is 11.4. The lowest BCUT2D eigenvalue weighted by atomic mass is 10.3. The lowest BCUT2D eigenvalue weighted by Gasteiger charge is -2.15. The molecule has 0 radical (unpaired) electrons. The van der Waals surface area contributed by atoms with Gasteiger partial charge in [0.15, 0.2) is 0 Å². The first-order valence-corrected chi connectivity index (χ1v) is 14.0. The molecule has 0 saturated heterocycles. The highest BCUT2D eigenvalue weighted by molar-refractivity contribution is 7.58. The second-order valence-electron chi connectivity index (χ2n) is 8.80. The van der Waals surface area contributed by atoms with E-state index in [1.165, 1.54) is 0 Å². The maximum Gasteiger partial charge on any atom is 0.201 e. The van der Waals surface area contributed by atoms with Crippen LogP contribution in [0.5, 0.6) is 0 Å². The van der Waals surface area contributed by atoms with E-state index in [-0.39, 0.29) is 13.2 Å². The Kier molecular flexibility index (Phi) is 20.4. The second-order valence-corrected chi connectivity index (χ2v) is 13.6.